The minimum absolute atomic E-state index is 0.403. The lowest BCUT2D eigenvalue weighted by Crippen LogP contribution is -2.19. The van der Waals surface area contributed by atoms with Crippen molar-refractivity contribution in [2.75, 3.05) is 7.05 Å². The second-order valence-electron chi connectivity index (χ2n) is 5.69. The number of halogens is 1. The Morgan fingerprint density at radius 1 is 1.22 bits per heavy atom. The van der Waals surface area contributed by atoms with Crippen LogP contribution in [0.3, 0.4) is 0 Å². The number of nitrogens with one attached hydrogen (secondary N) is 1. The summed E-state index contributed by atoms with van der Waals surface area (Å²) >= 11 is 6.42. The lowest BCUT2D eigenvalue weighted by Gasteiger charge is -2.22. The van der Waals surface area contributed by atoms with Crippen molar-refractivity contribution in [2.45, 2.75) is 52.0 Å². The van der Waals surface area contributed by atoms with E-state index in [0.717, 1.165) is 10.9 Å². The van der Waals surface area contributed by atoms with Crippen LogP contribution in [0.15, 0.2) is 12.1 Å². The molecule has 1 aliphatic carbocycles. The molecule has 1 aromatic carbocycles. The van der Waals surface area contributed by atoms with E-state index in [1.54, 1.807) is 0 Å². The van der Waals surface area contributed by atoms with E-state index in [2.05, 4.69) is 31.3 Å². The minimum Gasteiger partial charge on any atom is -0.313 e. The molecule has 1 fully saturated rings. The van der Waals surface area contributed by atoms with E-state index < -0.39 is 0 Å². The molecule has 0 spiro atoms. The van der Waals surface area contributed by atoms with Gasteiger partial charge in [0, 0.05) is 11.1 Å². The summed E-state index contributed by atoms with van der Waals surface area (Å²) in [5, 5.41) is 4.36. The molecular formula is C16H24ClN. The Morgan fingerprint density at radius 3 is 2.44 bits per heavy atom. The fraction of sp³-hybridized carbons (Fsp3) is 0.625. The smallest absolute Gasteiger partial charge is 0.0456 e. The summed E-state index contributed by atoms with van der Waals surface area (Å²) in [6.45, 7) is 4.29. The van der Waals surface area contributed by atoms with E-state index in [1.165, 1.54) is 48.8 Å². The maximum Gasteiger partial charge on any atom is 0.0456 e. The van der Waals surface area contributed by atoms with Crippen molar-refractivity contribution in [1.29, 1.82) is 0 Å². The van der Waals surface area contributed by atoms with Gasteiger partial charge >= 0.3 is 0 Å². The first-order chi connectivity index (χ1) is 8.61. The fourth-order valence-corrected chi connectivity index (χ4v) is 3.40. The molecule has 1 aliphatic rings. The molecule has 0 bridgehead atoms. The first-order valence-electron chi connectivity index (χ1n) is 7.05. The Morgan fingerprint density at radius 2 is 1.83 bits per heavy atom. The molecule has 18 heavy (non-hydrogen) atoms. The zero-order valence-corrected chi connectivity index (χ0v) is 12.5. The van der Waals surface area contributed by atoms with E-state index >= 15 is 0 Å². The molecule has 1 unspecified atom stereocenters. The van der Waals surface area contributed by atoms with Crippen molar-refractivity contribution in [3.05, 3.63) is 33.8 Å². The maximum atomic E-state index is 6.42. The van der Waals surface area contributed by atoms with Gasteiger partial charge in [-0.2, -0.15) is 0 Å². The quantitative estimate of drug-likeness (QED) is 0.825. The summed E-state index contributed by atoms with van der Waals surface area (Å²) in [4.78, 5) is 0. The van der Waals surface area contributed by atoms with Crippen molar-refractivity contribution >= 4 is 11.6 Å². The molecule has 2 heteroatoms. The molecule has 1 N–H and O–H groups in total. The molecule has 1 saturated carbocycles. The molecule has 0 radical (unpaired) electrons. The molecule has 0 aliphatic heterocycles. The van der Waals surface area contributed by atoms with Crippen LogP contribution in [0.2, 0.25) is 5.02 Å². The highest BCUT2D eigenvalue weighted by Gasteiger charge is 2.22. The molecule has 0 amide bonds. The van der Waals surface area contributed by atoms with Gasteiger partial charge in [-0.05, 0) is 56.0 Å². The number of aryl methyl sites for hydroxylation is 2. The van der Waals surface area contributed by atoms with Crippen LogP contribution in [0.1, 0.15) is 54.8 Å². The number of rotatable bonds is 4. The largest absolute Gasteiger partial charge is 0.313 e. The van der Waals surface area contributed by atoms with Gasteiger partial charge in [0.05, 0.1) is 0 Å². The first kappa shape index (κ1) is 13.9. The number of hydrogen-bond donors (Lipinski definition) is 1. The molecule has 0 saturated heterocycles. The molecule has 0 aromatic heterocycles. The van der Waals surface area contributed by atoms with Gasteiger partial charge in [0.15, 0.2) is 0 Å². The third kappa shape index (κ3) is 3.07. The van der Waals surface area contributed by atoms with Crippen molar-refractivity contribution in [3.63, 3.8) is 0 Å². The monoisotopic (exact) mass is 265 g/mol. The van der Waals surface area contributed by atoms with Crippen LogP contribution in [0.25, 0.3) is 0 Å². The van der Waals surface area contributed by atoms with E-state index in [1.807, 2.05) is 7.05 Å². The van der Waals surface area contributed by atoms with Gasteiger partial charge in [0.25, 0.3) is 0 Å². The summed E-state index contributed by atoms with van der Waals surface area (Å²) in [6.07, 6.45) is 6.81. The molecule has 1 aromatic rings. The highest BCUT2D eigenvalue weighted by atomic mass is 35.5. The van der Waals surface area contributed by atoms with E-state index in [4.69, 9.17) is 11.6 Å². The zero-order chi connectivity index (χ0) is 13.1. The van der Waals surface area contributed by atoms with E-state index in [-0.39, 0.29) is 0 Å². The molecule has 0 heterocycles. The lowest BCUT2D eigenvalue weighted by atomic mass is 9.92. The second kappa shape index (κ2) is 6.08. The van der Waals surface area contributed by atoms with Gasteiger partial charge in [0.2, 0.25) is 0 Å². The average molecular weight is 266 g/mol. The van der Waals surface area contributed by atoms with Gasteiger partial charge in [-0.1, -0.05) is 43.4 Å². The topological polar surface area (TPSA) is 12.0 Å². The SMILES string of the molecule is CNC(CC1CCCC1)c1cc(C)c(C)cc1Cl. The van der Waals surface area contributed by atoms with Crippen molar-refractivity contribution in [3.8, 4) is 0 Å². The van der Waals surface area contributed by atoms with Crippen molar-refractivity contribution < 1.29 is 0 Å². The molecule has 100 valence electrons. The summed E-state index contributed by atoms with van der Waals surface area (Å²) in [5.41, 5.74) is 3.88. The van der Waals surface area contributed by atoms with Gasteiger partial charge in [0.1, 0.15) is 0 Å². The predicted molar refractivity (Wildman–Crippen MR) is 79.3 cm³/mol. The zero-order valence-electron chi connectivity index (χ0n) is 11.7. The highest BCUT2D eigenvalue weighted by molar-refractivity contribution is 6.31. The minimum atomic E-state index is 0.403. The van der Waals surface area contributed by atoms with E-state index in [0.29, 0.717) is 6.04 Å². The Hall–Kier alpha value is -0.530. The van der Waals surface area contributed by atoms with Crippen molar-refractivity contribution in [1.82, 2.24) is 5.32 Å². The molecule has 2 rings (SSSR count). The third-order valence-electron chi connectivity index (χ3n) is 4.38. The number of hydrogen-bond acceptors (Lipinski definition) is 1. The van der Waals surface area contributed by atoms with Crippen LogP contribution in [-0.4, -0.2) is 7.05 Å². The van der Waals surface area contributed by atoms with E-state index in [9.17, 15) is 0 Å². The average Bonchev–Trinajstić information content (AvgIpc) is 2.84. The van der Waals surface area contributed by atoms with Crippen LogP contribution in [0.5, 0.6) is 0 Å². The second-order valence-corrected chi connectivity index (χ2v) is 6.09. The first-order valence-corrected chi connectivity index (χ1v) is 7.43. The summed E-state index contributed by atoms with van der Waals surface area (Å²) in [5.74, 6) is 0.875. The Bertz CT molecular complexity index is 408. The van der Waals surface area contributed by atoms with Crippen LogP contribution in [0.4, 0.5) is 0 Å². The van der Waals surface area contributed by atoms with Gasteiger partial charge in [-0.25, -0.2) is 0 Å². The standard InChI is InChI=1S/C16H24ClN/c1-11-8-14(15(17)9-12(11)2)16(18-3)10-13-6-4-5-7-13/h8-9,13,16,18H,4-7,10H2,1-3H3. The molecule has 1 nitrogen and oxygen atoms in total. The van der Waals surface area contributed by atoms with Crippen LogP contribution >= 0.6 is 11.6 Å². The lowest BCUT2D eigenvalue weighted by molar-refractivity contribution is 0.413. The Labute approximate surface area is 116 Å². The van der Waals surface area contributed by atoms with Crippen molar-refractivity contribution in [2.24, 2.45) is 5.92 Å². The third-order valence-corrected chi connectivity index (χ3v) is 4.71. The fourth-order valence-electron chi connectivity index (χ4n) is 3.05. The predicted octanol–water partition coefficient (Wildman–Crippen LogP) is 4.80. The van der Waals surface area contributed by atoms with Gasteiger partial charge in [-0.3, -0.25) is 0 Å². The summed E-state index contributed by atoms with van der Waals surface area (Å²) in [7, 11) is 2.05. The summed E-state index contributed by atoms with van der Waals surface area (Å²) in [6, 6.07) is 4.76. The van der Waals surface area contributed by atoms with Crippen LogP contribution in [-0.2, 0) is 0 Å². The maximum absolute atomic E-state index is 6.42. The Balaban J connectivity index is 2.18. The van der Waals surface area contributed by atoms with Gasteiger partial charge < -0.3 is 5.32 Å². The highest BCUT2D eigenvalue weighted by Crippen LogP contribution is 2.35. The van der Waals surface area contributed by atoms with Crippen LogP contribution in [0, 0.1) is 19.8 Å². The normalized spacial score (nSPS) is 18.2. The number of benzene rings is 1. The summed E-state index contributed by atoms with van der Waals surface area (Å²) < 4.78 is 0. The molecular weight excluding hydrogens is 242 g/mol. The van der Waals surface area contributed by atoms with Gasteiger partial charge in [-0.15, -0.1) is 0 Å². The molecule has 1 atom stereocenters. The Kier molecular flexibility index (Phi) is 4.69. The van der Waals surface area contributed by atoms with Crippen LogP contribution < -0.4 is 5.32 Å².